The van der Waals surface area contributed by atoms with E-state index in [1.165, 1.54) is 11.3 Å². The zero-order chi connectivity index (χ0) is 5.98. The van der Waals surface area contributed by atoms with E-state index in [9.17, 15) is 0 Å². The predicted octanol–water partition coefficient (Wildman–Crippen LogP) is 2.96. The van der Waals surface area contributed by atoms with Crippen LogP contribution in [0.15, 0.2) is 6.20 Å². The first-order chi connectivity index (χ1) is 3.83. The van der Waals surface area contributed by atoms with Crippen LogP contribution in [-0.2, 0) is 5.88 Å². The molecule has 1 heterocycles. The smallest absolute Gasteiger partial charge is 0.183 e. The molecule has 0 saturated heterocycles. The summed E-state index contributed by atoms with van der Waals surface area (Å²) >= 11 is 12.4. The van der Waals surface area contributed by atoms with Crippen molar-refractivity contribution in [3.8, 4) is 0 Å². The van der Waals surface area contributed by atoms with Gasteiger partial charge in [-0.3, -0.25) is 0 Å². The number of nitrogens with zero attached hydrogens (tertiary/aromatic N) is 1. The molecule has 0 aliphatic rings. The molecular formula is C4H4Cl3NS. The van der Waals surface area contributed by atoms with Gasteiger partial charge in [-0.2, -0.15) is 0 Å². The van der Waals surface area contributed by atoms with Gasteiger partial charge in [-0.05, 0) is 0 Å². The monoisotopic (exact) mass is 203 g/mol. The Kier molecular flexibility index (Phi) is 4.58. The lowest BCUT2D eigenvalue weighted by Crippen LogP contribution is -1.60. The van der Waals surface area contributed by atoms with Gasteiger partial charge in [0, 0.05) is 11.1 Å². The van der Waals surface area contributed by atoms with Crippen molar-refractivity contribution in [1.82, 2.24) is 4.98 Å². The fourth-order valence-electron chi connectivity index (χ4n) is 0.345. The molecule has 1 aromatic heterocycles. The Balaban J connectivity index is 0.000000640. The van der Waals surface area contributed by atoms with E-state index in [1.807, 2.05) is 0 Å². The molecule has 0 spiro atoms. The van der Waals surface area contributed by atoms with E-state index >= 15 is 0 Å². The van der Waals surface area contributed by atoms with E-state index in [1.54, 1.807) is 6.20 Å². The lowest BCUT2D eigenvalue weighted by molar-refractivity contribution is 1.37. The summed E-state index contributed by atoms with van der Waals surface area (Å²) in [4.78, 5) is 4.80. The molecule has 9 heavy (non-hydrogen) atoms. The minimum atomic E-state index is 0. The van der Waals surface area contributed by atoms with Crippen molar-refractivity contribution in [3.63, 3.8) is 0 Å². The van der Waals surface area contributed by atoms with Crippen LogP contribution in [0.3, 0.4) is 0 Å². The van der Waals surface area contributed by atoms with Crippen LogP contribution in [0.25, 0.3) is 0 Å². The Labute approximate surface area is 73.4 Å². The average molecular weight is 205 g/mol. The summed E-state index contributed by atoms with van der Waals surface area (Å²) in [5.74, 6) is 0.504. The second-order valence-corrected chi connectivity index (χ2v) is 3.18. The van der Waals surface area contributed by atoms with Crippen LogP contribution < -0.4 is 0 Å². The quantitative estimate of drug-likeness (QED) is 0.641. The van der Waals surface area contributed by atoms with Crippen molar-refractivity contribution in [2.24, 2.45) is 0 Å². The van der Waals surface area contributed by atoms with Crippen LogP contribution >= 0.6 is 46.9 Å². The van der Waals surface area contributed by atoms with Crippen molar-refractivity contribution >= 4 is 46.9 Å². The van der Waals surface area contributed by atoms with E-state index in [0.717, 1.165) is 4.88 Å². The highest BCUT2D eigenvalue weighted by atomic mass is 35.5. The highest BCUT2D eigenvalue weighted by molar-refractivity contribution is 7.15. The van der Waals surface area contributed by atoms with Gasteiger partial charge < -0.3 is 0 Å². The fraction of sp³-hybridized carbons (Fsp3) is 0.250. The Morgan fingerprint density at radius 3 is 2.56 bits per heavy atom. The highest BCUT2D eigenvalue weighted by Crippen LogP contribution is 2.18. The van der Waals surface area contributed by atoms with Crippen LogP contribution in [0.5, 0.6) is 0 Å². The topological polar surface area (TPSA) is 12.9 Å². The van der Waals surface area contributed by atoms with E-state index < -0.39 is 0 Å². The second kappa shape index (κ2) is 4.34. The minimum Gasteiger partial charge on any atom is -0.233 e. The van der Waals surface area contributed by atoms with Crippen LogP contribution in [0.2, 0.25) is 4.47 Å². The van der Waals surface area contributed by atoms with E-state index in [-0.39, 0.29) is 12.4 Å². The summed E-state index contributed by atoms with van der Waals surface area (Å²) in [6, 6.07) is 0. The lowest BCUT2D eigenvalue weighted by atomic mass is 10.6. The van der Waals surface area contributed by atoms with Crippen molar-refractivity contribution in [2.45, 2.75) is 5.88 Å². The van der Waals surface area contributed by atoms with Gasteiger partial charge in [-0.25, -0.2) is 4.98 Å². The van der Waals surface area contributed by atoms with Crippen LogP contribution in [-0.4, -0.2) is 4.98 Å². The van der Waals surface area contributed by atoms with Crippen molar-refractivity contribution in [3.05, 3.63) is 15.5 Å². The third-order valence-corrected chi connectivity index (χ3v) is 2.22. The van der Waals surface area contributed by atoms with Gasteiger partial charge in [-0.15, -0.1) is 35.3 Å². The molecule has 5 heteroatoms. The Morgan fingerprint density at radius 1 is 1.67 bits per heavy atom. The maximum absolute atomic E-state index is 5.49. The zero-order valence-corrected chi connectivity index (χ0v) is 7.45. The number of alkyl halides is 1. The highest BCUT2D eigenvalue weighted by Gasteiger charge is 1.94. The summed E-state index contributed by atoms with van der Waals surface area (Å²) in [6.45, 7) is 0. The first-order valence-corrected chi connectivity index (χ1v) is 3.72. The molecule has 0 aliphatic heterocycles. The number of halogens is 3. The maximum Gasteiger partial charge on any atom is 0.183 e. The molecule has 0 bridgehead atoms. The van der Waals surface area contributed by atoms with Gasteiger partial charge in [-0.1, -0.05) is 11.6 Å². The number of thiazole rings is 1. The second-order valence-electron chi connectivity index (χ2n) is 1.21. The molecule has 0 radical (unpaired) electrons. The largest absolute Gasteiger partial charge is 0.233 e. The number of aromatic nitrogens is 1. The van der Waals surface area contributed by atoms with Gasteiger partial charge in [0.2, 0.25) is 0 Å². The summed E-state index contributed by atoms with van der Waals surface area (Å²) in [7, 11) is 0. The third-order valence-electron chi connectivity index (χ3n) is 0.657. The molecule has 0 unspecified atom stereocenters. The Hall–Kier alpha value is 0.500. The first-order valence-electron chi connectivity index (χ1n) is 1.99. The zero-order valence-electron chi connectivity index (χ0n) is 4.30. The summed E-state index contributed by atoms with van der Waals surface area (Å²) in [6.07, 6.45) is 1.68. The molecule has 52 valence electrons. The van der Waals surface area contributed by atoms with Gasteiger partial charge in [0.15, 0.2) is 4.47 Å². The summed E-state index contributed by atoms with van der Waals surface area (Å²) in [5.41, 5.74) is 0. The summed E-state index contributed by atoms with van der Waals surface area (Å²) < 4.78 is 0.556. The molecule has 0 aromatic carbocycles. The summed E-state index contributed by atoms with van der Waals surface area (Å²) in [5, 5.41) is 0. The first kappa shape index (κ1) is 9.50. The number of hydrogen-bond donors (Lipinski definition) is 0. The molecular weight excluding hydrogens is 200 g/mol. The van der Waals surface area contributed by atoms with Gasteiger partial charge in [0.1, 0.15) is 0 Å². The lowest BCUT2D eigenvalue weighted by Gasteiger charge is -1.75. The molecule has 0 atom stereocenters. The Morgan fingerprint density at radius 2 is 2.33 bits per heavy atom. The van der Waals surface area contributed by atoms with Gasteiger partial charge in [0.05, 0.1) is 5.88 Å². The predicted molar refractivity (Wildman–Crippen MR) is 43.9 cm³/mol. The van der Waals surface area contributed by atoms with Crippen molar-refractivity contribution in [1.29, 1.82) is 0 Å². The minimum absolute atomic E-state index is 0. The molecule has 1 nitrogen and oxygen atoms in total. The Bertz CT molecular complexity index is 176. The third kappa shape index (κ3) is 2.72. The molecule has 0 fully saturated rings. The van der Waals surface area contributed by atoms with Gasteiger partial charge in [0.25, 0.3) is 0 Å². The van der Waals surface area contributed by atoms with Crippen LogP contribution in [0.1, 0.15) is 4.88 Å². The average Bonchev–Trinajstić information content (AvgIpc) is 2.14. The molecule has 1 aromatic rings. The van der Waals surface area contributed by atoms with E-state index in [4.69, 9.17) is 23.2 Å². The van der Waals surface area contributed by atoms with Crippen LogP contribution in [0.4, 0.5) is 0 Å². The normalized spacial score (nSPS) is 8.67. The van der Waals surface area contributed by atoms with Gasteiger partial charge >= 0.3 is 0 Å². The van der Waals surface area contributed by atoms with Crippen LogP contribution in [0, 0.1) is 0 Å². The molecule has 0 saturated carbocycles. The number of rotatable bonds is 1. The van der Waals surface area contributed by atoms with E-state index in [2.05, 4.69) is 4.98 Å². The molecule has 0 N–H and O–H groups in total. The molecule has 0 aliphatic carbocycles. The van der Waals surface area contributed by atoms with Crippen molar-refractivity contribution < 1.29 is 0 Å². The number of hydrogen-bond acceptors (Lipinski definition) is 2. The van der Waals surface area contributed by atoms with E-state index in [0.29, 0.717) is 10.3 Å². The SMILES string of the molecule is Cl.ClCc1cnc(Cl)s1. The maximum atomic E-state index is 5.49. The van der Waals surface area contributed by atoms with Crippen molar-refractivity contribution in [2.75, 3.05) is 0 Å². The molecule has 0 amide bonds. The molecule has 1 rings (SSSR count). The fourth-order valence-corrected chi connectivity index (χ4v) is 1.41. The standard InChI is InChI=1S/C4H3Cl2NS.ClH/c5-1-3-2-7-4(6)8-3;/h2H,1H2;1H.